The Balaban J connectivity index is 1.66. The van der Waals surface area contributed by atoms with Crippen LogP contribution in [0.1, 0.15) is 22.7 Å². The van der Waals surface area contributed by atoms with Gasteiger partial charge in [-0.1, -0.05) is 54.6 Å². The molecule has 0 spiro atoms. The second kappa shape index (κ2) is 10.4. The van der Waals surface area contributed by atoms with Gasteiger partial charge in [-0.25, -0.2) is 4.39 Å². The minimum absolute atomic E-state index is 0.0277. The second-order valence-corrected chi connectivity index (χ2v) is 7.74. The molecule has 3 aromatic rings. The number of carbonyl (C=O) groups is 2. The molecule has 2 amide bonds. The van der Waals surface area contributed by atoms with Gasteiger partial charge in [0.1, 0.15) is 17.7 Å². The quantitative estimate of drug-likeness (QED) is 0.504. The summed E-state index contributed by atoms with van der Waals surface area (Å²) < 4.78 is 25.6. The zero-order valence-corrected chi connectivity index (χ0v) is 18.4. The van der Waals surface area contributed by atoms with Crippen LogP contribution in [-0.4, -0.2) is 29.4 Å². The molecular formula is C25H22ClFN2O4. The largest absolute Gasteiger partial charge is 0.454 e. The van der Waals surface area contributed by atoms with Crippen LogP contribution in [-0.2, 0) is 22.7 Å². The van der Waals surface area contributed by atoms with Crippen molar-refractivity contribution >= 4 is 23.4 Å². The summed E-state index contributed by atoms with van der Waals surface area (Å²) in [6.45, 7) is 0.375. The van der Waals surface area contributed by atoms with Crippen LogP contribution in [0.4, 0.5) is 4.39 Å². The van der Waals surface area contributed by atoms with E-state index in [0.29, 0.717) is 17.1 Å². The number of rotatable bonds is 8. The van der Waals surface area contributed by atoms with Crippen LogP contribution in [0.15, 0.2) is 72.8 Å². The number of benzene rings is 3. The molecular weight excluding hydrogens is 447 g/mol. The number of nitrogens with one attached hydrogen (secondary N) is 1. The van der Waals surface area contributed by atoms with Gasteiger partial charge in [0.05, 0.1) is 0 Å². The fourth-order valence-electron chi connectivity index (χ4n) is 3.67. The lowest BCUT2D eigenvalue weighted by Gasteiger charge is -2.31. The van der Waals surface area contributed by atoms with Crippen LogP contribution in [0.3, 0.4) is 0 Å². The van der Waals surface area contributed by atoms with Crippen molar-refractivity contribution in [3.05, 3.63) is 95.3 Å². The molecule has 170 valence electrons. The lowest BCUT2D eigenvalue weighted by Crippen LogP contribution is -2.44. The Bertz CT molecular complexity index is 1140. The van der Waals surface area contributed by atoms with Crippen LogP contribution in [0.2, 0.25) is 0 Å². The third kappa shape index (κ3) is 5.26. The minimum Gasteiger partial charge on any atom is -0.454 e. The van der Waals surface area contributed by atoms with Crippen molar-refractivity contribution < 1.29 is 23.5 Å². The summed E-state index contributed by atoms with van der Waals surface area (Å²) in [5.41, 5.74) is 1.65. The normalized spacial score (nSPS) is 12.8. The fourth-order valence-corrected chi connectivity index (χ4v) is 3.82. The molecule has 1 N–H and O–H groups in total. The van der Waals surface area contributed by atoms with E-state index in [9.17, 15) is 14.0 Å². The first-order chi connectivity index (χ1) is 16.1. The maximum absolute atomic E-state index is 14.8. The zero-order valence-electron chi connectivity index (χ0n) is 17.7. The van der Waals surface area contributed by atoms with Gasteiger partial charge in [0.2, 0.25) is 18.6 Å². The molecule has 4 rings (SSSR count). The van der Waals surface area contributed by atoms with E-state index in [0.717, 1.165) is 5.56 Å². The lowest BCUT2D eigenvalue weighted by molar-refractivity contribution is -0.140. The molecule has 0 aliphatic carbocycles. The second-order valence-electron chi connectivity index (χ2n) is 7.47. The number of carbonyl (C=O) groups excluding carboxylic acids is 2. The summed E-state index contributed by atoms with van der Waals surface area (Å²) in [6, 6.07) is 19.3. The maximum atomic E-state index is 14.8. The number of ether oxygens (including phenoxy) is 2. The molecule has 1 atom stereocenters. The summed E-state index contributed by atoms with van der Waals surface area (Å²) in [5.74, 6) is -0.820. The van der Waals surface area contributed by atoms with Crippen molar-refractivity contribution in [2.24, 2.45) is 0 Å². The highest BCUT2D eigenvalue weighted by atomic mass is 35.5. The van der Waals surface area contributed by atoms with Crippen molar-refractivity contribution in [1.29, 1.82) is 0 Å². The van der Waals surface area contributed by atoms with E-state index in [1.54, 1.807) is 24.3 Å². The number of amides is 2. The standard InChI is InChI=1S/C25H22ClFN2O4/c26-13-23(30)29(15-18-10-11-21-22(12-18)33-16-32-21)24(19-8-4-5-9-20(19)27)25(31)28-14-17-6-2-1-3-7-17/h1-12,24H,13-16H2,(H,28,31). The molecule has 1 aliphatic heterocycles. The third-order valence-corrected chi connectivity index (χ3v) is 5.52. The summed E-state index contributed by atoms with van der Waals surface area (Å²) in [5, 5.41) is 2.82. The Labute approximate surface area is 195 Å². The molecule has 0 radical (unpaired) electrons. The number of hydrogen-bond acceptors (Lipinski definition) is 4. The van der Waals surface area contributed by atoms with Crippen molar-refractivity contribution in [3.63, 3.8) is 0 Å². The van der Waals surface area contributed by atoms with Crippen LogP contribution in [0, 0.1) is 5.82 Å². The topological polar surface area (TPSA) is 67.9 Å². The Morgan fingerprint density at radius 1 is 0.970 bits per heavy atom. The minimum atomic E-state index is -1.22. The predicted molar refractivity (Wildman–Crippen MR) is 121 cm³/mol. The Morgan fingerprint density at radius 2 is 1.70 bits per heavy atom. The number of alkyl halides is 1. The van der Waals surface area contributed by atoms with Crippen LogP contribution < -0.4 is 14.8 Å². The molecule has 0 fully saturated rings. The van der Waals surface area contributed by atoms with Gasteiger partial charge in [0.15, 0.2) is 11.5 Å². The Hall–Kier alpha value is -3.58. The van der Waals surface area contributed by atoms with E-state index in [2.05, 4.69) is 5.32 Å². The van der Waals surface area contributed by atoms with Gasteiger partial charge in [0, 0.05) is 18.7 Å². The Kier molecular flexibility index (Phi) is 7.10. The summed E-state index contributed by atoms with van der Waals surface area (Å²) in [7, 11) is 0. The highest BCUT2D eigenvalue weighted by Crippen LogP contribution is 2.34. The van der Waals surface area contributed by atoms with Crippen molar-refractivity contribution in [3.8, 4) is 11.5 Å². The molecule has 3 aromatic carbocycles. The van der Waals surface area contributed by atoms with Gasteiger partial charge < -0.3 is 19.7 Å². The smallest absolute Gasteiger partial charge is 0.247 e. The number of fused-ring (bicyclic) bond motifs is 1. The zero-order chi connectivity index (χ0) is 23.2. The summed E-state index contributed by atoms with van der Waals surface area (Å²) in [4.78, 5) is 27.5. The molecule has 1 unspecified atom stereocenters. The third-order valence-electron chi connectivity index (χ3n) is 5.29. The lowest BCUT2D eigenvalue weighted by atomic mass is 10.0. The van der Waals surface area contributed by atoms with E-state index >= 15 is 0 Å². The molecule has 0 saturated heterocycles. The molecule has 0 saturated carbocycles. The number of hydrogen-bond donors (Lipinski definition) is 1. The molecule has 6 nitrogen and oxygen atoms in total. The monoisotopic (exact) mass is 468 g/mol. The van der Waals surface area contributed by atoms with Crippen LogP contribution >= 0.6 is 11.6 Å². The number of nitrogens with zero attached hydrogens (tertiary/aromatic N) is 1. The molecule has 8 heteroatoms. The van der Waals surface area contributed by atoms with E-state index < -0.39 is 23.7 Å². The average molecular weight is 469 g/mol. The van der Waals surface area contributed by atoms with Crippen molar-refractivity contribution in [2.75, 3.05) is 12.7 Å². The summed E-state index contributed by atoms with van der Waals surface area (Å²) >= 11 is 5.89. The number of halogens is 2. The van der Waals surface area contributed by atoms with E-state index in [1.165, 1.54) is 23.1 Å². The first kappa shape index (κ1) is 22.6. The van der Waals surface area contributed by atoms with E-state index in [-0.39, 0.29) is 31.3 Å². The maximum Gasteiger partial charge on any atom is 0.247 e. The van der Waals surface area contributed by atoms with Crippen LogP contribution in [0.25, 0.3) is 0 Å². The first-order valence-electron chi connectivity index (χ1n) is 10.4. The highest BCUT2D eigenvalue weighted by Gasteiger charge is 2.33. The molecule has 0 bridgehead atoms. The van der Waals surface area contributed by atoms with Gasteiger partial charge in [0.25, 0.3) is 0 Å². The molecule has 1 aliphatic rings. The van der Waals surface area contributed by atoms with Gasteiger partial charge >= 0.3 is 0 Å². The van der Waals surface area contributed by atoms with Crippen molar-refractivity contribution in [2.45, 2.75) is 19.1 Å². The van der Waals surface area contributed by atoms with Crippen LogP contribution in [0.5, 0.6) is 11.5 Å². The van der Waals surface area contributed by atoms with Crippen molar-refractivity contribution in [1.82, 2.24) is 10.2 Å². The van der Waals surface area contributed by atoms with E-state index in [1.807, 2.05) is 30.3 Å². The Morgan fingerprint density at radius 3 is 2.45 bits per heavy atom. The highest BCUT2D eigenvalue weighted by molar-refractivity contribution is 6.27. The molecule has 1 heterocycles. The first-order valence-corrected chi connectivity index (χ1v) is 10.9. The molecule has 33 heavy (non-hydrogen) atoms. The van der Waals surface area contributed by atoms with E-state index in [4.69, 9.17) is 21.1 Å². The van der Waals surface area contributed by atoms with Gasteiger partial charge in [-0.05, 0) is 29.3 Å². The fraction of sp³-hybridized carbons (Fsp3) is 0.200. The predicted octanol–water partition coefficient (Wildman–Crippen LogP) is 4.18. The van der Waals surface area contributed by atoms with Gasteiger partial charge in [-0.3, -0.25) is 9.59 Å². The average Bonchev–Trinajstić information content (AvgIpc) is 3.31. The SMILES string of the molecule is O=C(NCc1ccccc1)C(c1ccccc1F)N(Cc1ccc2c(c1)OCO2)C(=O)CCl. The summed E-state index contributed by atoms with van der Waals surface area (Å²) in [6.07, 6.45) is 0. The van der Waals surface area contributed by atoms with Gasteiger partial charge in [-0.2, -0.15) is 0 Å². The van der Waals surface area contributed by atoms with Gasteiger partial charge in [-0.15, -0.1) is 11.6 Å². The molecule has 0 aromatic heterocycles.